The van der Waals surface area contributed by atoms with Crippen molar-refractivity contribution < 1.29 is 86.1 Å². The molecule has 1 aromatic heterocycles. The number of nitrogens with zero attached hydrogens (tertiary/aromatic N) is 1. The largest absolute Gasteiger partial charge is 0.465 e. The highest BCUT2D eigenvalue weighted by Crippen LogP contribution is 2.70. The molecule has 2 saturated carbocycles. The fourth-order valence-electron chi connectivity index (χ4n) is 9.82. The summed E-state index contributed by atoms with van der Waals surface area (Å²) in [6.07, 6.45) is -10.8. The summed E-state index contributed by atoms with van der Waals surface area (Å²) in [7, 11) is 0. The van der Waals surface area contributed by atoms with Crippen LogP contribution in [-0.4, -0.2) is 124 Å². The number of ether oxygens (including phenoxy) is 9. The molecule has 1 N–H and O–H groups in total. The molecule has 3 fully saturated rings. The van der Waals surface area contributed by atoms with E-state index in [9.17, 15) is 43.5 Å². The maximum absolute atomic E-state index is 14.5. The Labute approximate surface area is 355 Å². The van der Waals surface area contributed by atoms with Crippen molar-refractivity contribution in [3.05, 3.63) is 65.5 Å². The number of cyclic esters (lactones) is 1. The molecule has 19 heteroatoms. The predicted octanol–water partition coefficient (Wildman–Crippen LogP) is 2.33. The van der Waals surface area contributed by atoms with Crippen molar-refractivity contribution >= 4 is 47.8 Å². The van der Waals surface area contributed by atoms with Crippen LogP contribution >= 0.6 is 0 Å². The van der Waals surface area contributed by atoms with E-state index in [0.717, 1.165) is 41.5 Å². The fourth-order valence-corrected chi connectivity index (χ4v) is 9.82. The lowest BCUT2D eigenvalue weighted by atomic mass is 9.45. The molecule has 2 unspecified atom stereocenters. The van der Waals surface area contributed by atoms with Gasteiger partial charge in [0, 0.05) is 46.7 Å². The molecule has 6 rings (SSSR count). The average molecular weight is 868 g/mol. The first-order chi connectivity index (χ1) is 29.0. The summed E-state index contributed by atoms with van der Waals surface area (Å²) in [5.41, 5.74) is -10.3. The summed E-state index contributed by atoms with van der Waals surface area (Å²) >= 11 is 0. The molecule has 3 heterocycles. The zero-order chi connectivity index (χ0) is 45.7. The highest BCUT2D eigenvalue weighted by Gasteiger charge is 2.92. The van der Waals surface area contributed by atoms with Crippen LogP contribution < -0.4 is 0 Å². The van der Waals surface area contributed by atoms with Gasteiger partial charge in [0.2, 0.25) is 0 Å². The standard InChI is InChI=1S/C43H49NO18/c1-20-21(2)37(50)61-34-32(56-23(4)46)36(59-26(7)49)42(19-54-22(3)45)35(58-25(6)48)31(60-38(51)27-14-11-10-12-15-27)29-33(57-24(5)47)43(42,41(34,9)53)62-40(29,8)18-55-39(52)28-16-13-17-44-30(20)28/h10-17,20-21,29,31-36,53H,18-19H2,1-9H3/t20?,21?,29-,31+,32+,33-,34+,35-,36+,40+,41+,42-,43+/m1/s1. The first-order valence-corrected chi connectivity index (χ1v) is 19.9. The molecule has 2 aliphatic heterocycles. The normalized spacial score (nSPS) is 36.0. The summed E-state index contributed by atoms with van der Waals surface area (Å²) in [6, 6.07) is 10.4. The van der Waals surface area contributed by atoms with Crippen molar-refractivity contribution in [1.29, 1.82) is 0 Å². The van der Waals surface area contributed by atoms with Gasteiger partial charge in [-0.1, -0.05) is 32.0 Å². The maximum Gasteiger partial charge on any atom is 0.340 e. The Kier molecular flexibility index (Phi) is 12.3. The average Bonchev–Trinajstić information content (AvgIpc) is 3.42. The molecule has 334 valence electrons. The van der Waals surface area contributed by atoms with Gasteiger partial charge in [-0.25, -0.2) is 9.59 Å². The van der Waals surface area contributed by atoms with Gasteiger partial charge < -0.3 is 47.7 Å². The van der Waals surface area contributed by atoms with E-state index in [1.165, 1.54) is 44.3 Å². The molecule has 2 aromatic rings. The number of pyridine rings is 1. The van der Waals surface area contributed by atoms with Gasteiger partial charge in [0.1, 0.15) is 42.0 Å². The number of hydrogen-bond acceptors (Lipinski definition) is 19. The van der Waals surface area contributed by atoms with Gasteiger partial charge in [0.25, 0.3) is 0 Å². The molecule has 2 aliphatic carbocycles. The van der Waals surface area contributed by atoms with Crippen molar-refractivity contribution in [2.24, 2.45) is 17.3 Å². The lowest BCUT2D eigenvalue weighted by Gasteiger charge is -2.67. The summed E-state index contributed by atoms with van der Waals surface area (Å²) in [6.45, 7) is 8.64. The number of aromatic nitrogens is 1. The minimum absolute atomic E-state index is 0.0151. The van der Waals surface area contributed by atoms with E-state index < -0.39 is 138 Å². The fraction of sp³-hybridized carbons (Fsp3) is 0.558. The van der Waals surface area contributed by atoms with Crippen LogP contribution in [0, 0.1) is 17.3 Å². The third kappa shape index (κ3) is 7.43. The number of fused-ring (bicyclic) bond motifs is 5. The van der Waals surface area contributed by atoms with Gasteiger partial charge in [-0.3, -0.25) is 33.8 Å². The van der Waals surface area contributed by atoms with Gasteiger partial charge in [-0.15, -0.1) is 0 Å². The summed E-state index contributed by atoms with van der Waals surface area (Å²) < 4.78 is 55.4. The Hall–Kier alpha value is -5.95. The first-order valence-electron chi connectivity index (χ1n) is 19.9. The Morgan fingerprint density at radius 2 is 1.32 bits per heavy atom. The highest BCUT2D eigenvalue weighted by atomic mass is 16.7. The molecule has 62 heavy (non-hydrogen) atoms. The summed E-state index contributed by atoms with van der Waals surface area (Å²) in [5, 5.41) is 13.6. The maximum atomic E-state index is 14.5. The second-order valence-corrected chi connectivity index (χ2v) is 16.5. The molecule has 4 aliphatic rings. The smallest absolute Gasteiger partial charge is 0.340 e. The molecule has 0 radical (unpaired) electrons. The van der Waals surface area contributed by atoms with Crippen LogP contribution in [0.1, 0.15) is 94.6 Å². The lowest BCUT2D eigenvalue weighted by molar-refractivity contribution is -0.386. The molecule has 1 saturated heterocycles. The third-order valence-corrected chi connectivity index (χ3v) is 12.4. The second kappa shape index (κ2) is 16.7. The van der Waals surface area contributed by atoms with E-state index in [1.54, 1.807) is 25.1 Å². The van der Waals surface area contributed by atoms with Crippen LogP contribution in [0.2, 0.25) is 0 Å². The number of hydrogen-bond donors (Lipinski definition) is 1. The molecular weight excluding hydrogens is 818 g/mol. The van der Waals surface area contributed by atoms with Crippen LogP contribution in [0.15, 0.2) is 48.7 Å². The molecular formula is C43H49NO18. The zero-order valence-electron chi connectivity index (χ0n) is 35.6. The van der Waals surface area contributed by atoms with E-state index in [-0.39, 0.29) is 16.8 Å². The number of benzene rings is 1. The SMILES string of the molecule is CC(=O)OC[C@]12[C@H](OC(C)=O)[C@@H](OC(=O)c3ccccc3)[C@@H]3[C@@H](OC(C)=O)[C@@]14O[C@@]3(C)COC(=O)c1cccnc1C(C)C(C)C(=O)O[C@@H]([C@H](OC(C)=O)[C@@H]2OC(C)=O)[C@]4(C)O. The van der Waals surface area contributed by atoms with Gasteiger partial charge in [0.15, 0.2) is 30.0 Å². The number of carbonyl (C=O) groups excluding carboxylic acids is 8. The number of carbonyl (C=O) groups is 8. The molecule has 1 aromatic carbocycles. The van der Waals surface area contributed by atoms with Crippen LogP contribution in [0.5, 0.6) is 0 Å². The minimum atomic E-state index is -2.85. The molecule has 1 spiro atoms. The number of aliphatic hydroxyl groups is 1. The van der Waals surface area contributed by atoms with Crippen LogP contribution in [0.3, 0.4) is 0 Å². The molecule has 4 bridgehead atoms. The van der Waals surface area contributed by atoms with Gasteiger partial charge >= 0.3 is 47.8 Å². The van der Waals surface area contributed by atoms with Crippen molar-refractivity contribution in [1.82, 2.24) is 4.98 Å². The van der Waals surface area contributed by atoms with E-state index in [2.05, 4.69) is 4.98 Å². The molecule has 19 nitrogen and oxygen atoms in total. The topological polar surface area (TPSA) is 253 Å². The predicted molar refractivity (Wildman–Crippen MR) is 205 cm³/mol. The number of rotatable bonds is 8. The van der Waals surface area contributed by atoms with E-state index in [1.807, 2.05) is 0 Å². The highest BCUT2D eigenvalue weighted by molar-refractivity contribution is 5.91. The summed E-state index contributed by atoms with van der Waals surface area (Å²) in [5.74, 6) is -11.9. The van der Waals surface area contributed by atoms with Crippen molar-refractivity contribution in [2.45, 2.75) is 122 Å². The van der Waals surface area contributed by atoms with Crippen LogP contribution in [-0.2, 0) is 71.4 Å². The van der Waals surface area contributed by atoms with Crippen LogP contribution in [0.4, 0.5) is 0 Å². The number of esters is 8. The Morgan fingerprint density at radius 3 is 1.90 bits per heavy atom. The zero-order valence-corrected chi connectivity index (χ0v) is 35.6. The first kappa shape index (κ1) is 45.6. The second-order valence-electron chi connectivity index (χ2n) is 16.5. The third-order valence-electron chi connectivity index (χ3n) is 12.4. The van der Waals surface area contributed by atoms with E-state index in [4.69, 9.17) is 42.6 Å². The Bertz CT molecular complexity index is 2160. The van der Waals surface area contributed by atoms with E-state index >= 15 is 0 Å². The Morgan fingerprint density at radius 1 is 0.742 bits per heavy atom. The minimum Gasteiger partial charge on any atom is -0.465 e. The lowest BCUT2D eigenvalue weighted by Crippen LogP contribution is -2.89. The van der Waals surface area contributed by atoms with Gasteiger partial charge in [-0.2, -0.15) is 0 Å². The van der Waals surface area contributed by atoms with Crippen LogP contribution in [0.25, 0.3) is 0 Å². The Balaban J connectivity index is 1.80. The van der Waals surface area contributed by atoms with Gasteiger partial charge in [-0.05, 0) is 38.1 Å². The van der Waals surface area contributed by atoms with Crippen molar-refractivity contribution in [3.8, 4) is 0 Å². The van der Waals surface area contributed by atoms with Crippen molar-refractivity contribution in [2.75, 3.05) is 13.2 Å². The van der Waals surface area contributed by atoms with Crippen molar-refractivity contribution in [3.63, 3.8) is 0 Å². The monoisotopic (exact) mass is 867 g/mol. The quantitative estimate of drug-likeness (QED) is 0.295. The summed E-state index contributed by atoms with van der Waals surface area (Å²) in [4.78, 5) is 114. The molecule has 0 amide bonds. The van der Waals surface area contributed by atoms with E-state index in [0.29, 0.717) is 0 Å². The molecule has 13 atom stereocenters. The van der Waals surface area contributed by atoms with Gasteiger partial charge in [0.05, 0.1) is 28.7 Å².